The van der Waals surface area contributed by atoms with Crippen LogP contribution in [-0.2, 0) is 0 Å². The van der Waals surface area contributed by atoms with Crippen LogP contribution in [0.2, 0.25) is 0 Å². The highest BCUT2D eigenvalue weighted by atomic mass is 32.2. The fourth-order valence-electron chi connectivity index (χ4n) is 1.27. The maximum Gasteiger partial charge on any atom is 0.00474 e. The molecule has 0 spiro atoms. The van der Waals surface area contributed by atoms with Crippen molar-refractivity contribution in [2.24, 2.45) is 5.92 Å². The molecular weight excluding hydrogens is 116 g/mol. The molecule has 1 rings (SSSR count). The van der Waals surface area contributed by atoms with Gasteiger partial charge in [0.15, 0.2) is 0 Å². The molecular formula is C7H14S. The van der Waals surface area contributed by atoms with Gasteiger partial charge in [0.25, 0.3) is 0 Å². The Morgan fingerprint density at radius 1 is 1.25 bits per heavy atom. The van der Waals surface area contributed by atoms with E-state index in [4.69, 9.17) is 0 Å². The van der Waals surface area contributed by atoms with E-state index >= 15 is 0 Å². The molecule has 1 heteroatoms. The molecule has 3 atom stereocenters. The summed E-state index contributed by atoms with van der Waals surface area (Å²) < 4.78 is 0. The second-order valence-electron chi connectivity index (χ2n) is 2.86. The van der Waals surface area contributed by atoms with Crippen molar-refractivity contribution in [2.45, 2.75) is 37.7 Å². The highest BCUT2D eigenvalue weighted by Gasteiger charge is 2.24. The van der Waals surface area contributed by atoms with Crippen molar-refractivity contribution < 1.29 is 0 Å². The van der Waals surface area contributed by atoms with Gasteiger partial charge in [0, 0.05) is 10.5 Å². The Morgan fingerprint density at radius 2 is 1.88 bits per heavy atom. The predicted octanol–water partition coefficient (Wildman–Crippen LogP) is 2.54. The Labute approximate surface area is 56.0 Å². The molecule has 8 heavy (non-hydrogen) atoms. The minimum atomic E-state index is 0.907. The van der Waals surface area contributed by atoms with E-state index in [1.807, 2.05) is 0 Å². The fraction of sp³-hybridized carbons (Fsp3) is 1.00. The number of hydrogen-bond acceptors (Lipinski definition) is 1. The molecule has 0 aliphatic carbocycles. The summed E-state index contributed by atoms with van der Waals surface area (Å²) in [4.78, 5) is 0. The lowest BCUT2D eigenvalue weighted by Gasteiger charge is -2.04. The maximum absolute atomic E-state index is 2.35. The Kier molecular flexibility index (Phi) is 1.86. The third kappa shape index (κ3) is 1.19. The van der Waals surface area contributed by atoms with Gasteiger partial charge >= 0.3 is 0 Å². The van der Waals surface area contributed by atoms with Crippen LogP contribution in [0.3, 0.4) is 0 Å². The lowest BCUT2D eigenvalue weighted by atomic mass is 10.0. The molecule has 0 radical (unpaired) electrons. The van der Waals surface area contributed by atoms with Crippen molar-refractivity contribution in [1.29, 1.82) is 0 Å². The van der Waals surface area contributed by atoms with Crippen LogP contribution in [0, 0.1) is 5.92 Å². The van der Waals surface area contributed by atoms with Gasteiger partial charge in [-0.3, -0.25) is 0 Å². The van der Waals surface area contributed by atoms with Gasteiger partial charge in [0.1, 0.15) is 0 Å². The molecule has 1 aliphatic rings. The molecule has 0 amide bonds. The molecule has 1 heterocycles. The van der Waals surface area contributed by atoms with Crippen molar-refractivity contribution in [3.05, 3.63) is 0 Å². The molecule has 0 saturated carbocycles. The van der Waals surface area contributed by atoms with E-state index in [-0.39, 0.29) is 0 Å². The van der Waals surface area contributed by atoms with Gasteiger partial charge in [-0.1, -0.05) is 20.8 Å². The SMILES string of the molecule is C[C@@H]1C[C@H](C)S[C@@H]1C. The Hall–Kier alpha value is 0.350. The van der Waals surface area contributed by atoms with Crippen molar-refractivity contribution in [2.75, 3.05) is 0 Å². The molecule has 0 aromatic carbocycles. The Morgan fingerprint density at radius 3 is 2.00 bits per heavy atom. The summed E-state index contributed by atoms with van der Waals surface area (Å²) in [6.45, 7) is 7.00. The zero-order valence-electron chi connectivity index (χ0n) is 5.85. The quantitative estimate of drug-likeness (QED) is 0.485. The first kappa shape index (κ1) is 6.47. The Balaban J connectivity index is 2.39. The number of rotatable bonds is 0. The molecule has 48 valence electrons. The molecule has 0 aromatic rings. The molecule has 0 nitrogen and oxygen atoms in total. The van der Waals surface area contributed by atoms with Gasteiger partial charge in [0.05, 0.1) is 0 Å². The van der Waals surface area contributed by atoms with Crippen LogP contribution in [0.25, 0.3) is 0 Å². The van der Waals surface area contributed by atoms with Crippen LogP contribution < -0.4 is 0 Å². The molecule has 0 unspecified atom stereocenters. The summed E-state index contributed by atoms with van der Waals surface area (Å²) >= 11 is 2.13. The summed E-state index contributed by atoms with van der Waals surface area (Å²) in [5, 5.41) is 1.82. The minimum absolute atomic E-state index is 0.907. The van der Waals surface area contributed by atoms with Crippen LogP contribution in [0.15, 0.2) is 0 Å². The van der Waals surface area contributed by atoms with Crippen molar-refractivity contribution in [3.63, 3.8) is 0 Å². The van der Waals surface area contributed by atoms with Crippen LogP contribution in [0.5, 0.6) is 0 Å². The van der Waals surface area contributed by atoms with Crippen molar-refractivity contribution in [3.8, 4) is 0 Å². The zero-order valence-corrected chi connectivity index (χ0v) is 6.66. The summed E-state index contributed by atoms with van der Waals surface area (Å²) in [6, 6.07) is 0. The van der Waals surface area contributed by atoms with Gasteiger partial charge in [-0.25, -0.2) is 0 Å². The van der Waals surface area contributed by atoms with Crippen molar-refractivity contribution >= 4 is 11.8 Å². The van der Waals surface area contributed by atoms with E-state index in [9.17, 15) is 0 Å². The van der Waals surface area contributed by atoms with Crippen molar-refractivity contribution in [1.82, 2.24) is 0 Å². The molecule has 0 N–H and O–H groups in total. The summed E-state index contributed by atoms with van der Waals surface area (Å²) in [7, 11) is 0. The van der Waals surface area contributed by atoms with E-state index < -0.39 is 0 Å². The monoisotopic (exact) mass is 130 g/mol. The minimum Gasteiger partial charge on any atom is -0.155 e. The van der Waals surface area contributed by atoms with E-state index in [2.05, 4.69) is 32.5 Å². The van der Waals surface area contributed by atoms with E-state index in [0.717, 1.165) is 16.4 Å². The molecule has 1 aliphatic heterocycles. The molecule has 1 fully saturated rings. The highest BCUT2D eigenvalue weighted by molar-refractivity contribution is 8.00. The first-order valence-electron chi connectivity index (χ1n) is 3.35. The lowest BCUT2D eigenvalue weighted by molar-refractivity contribution is 0.562. The van der Waals surface area contributed by atoms with Gasteiger partial charge in [0.2, 0.25) is 0 Å². The van der Waals surface area contributed by atoms with Gasteiger partial charge < -0.3 is 0 Å². The van der Waals surface area contributed by atoms with E-state index in [0.29, 0.717) is 0 Å². The largest absolute Gasteiger partial charge is 0.155 e. The topological polar surface area (TPSA) is 0 Å². The van der Waals surface area contributed by atoms with E-state index in [1.165, 1.54) is 6.42 Å². The lowest BCUT2D eigenvalue weighted by Crippen LogP contribution is -2.00. The number of hydrogen-bond donors (Lipinski definition) is 0. The predicted molar refractivity (Wildman–Crippen MR) is 40.3 cm³/mol. The first-order valence-corrected chi connectivity index (χ1v) is 4.30. The Bertz CT molecular complexity index is 70.5. The van der Waals surface area contributed by atoms with Gasteiger partial charge in [-0.15, -0.1) is 0 Å². The van der Waals surface area contributed by atoms with Crippen LogP contribution in [0.4, 0.5) is 0 Å². The normalized spacial score (nSPS) is 47.6. The molecule has 0 aromatic heterocycles. The van der Waals surface area contributed by atoms with E-state index in [1.54, 1.807) is 0 Å². The fourth-order valence-corrected chi connectivity index (χ4v) is 2.80. The zero-order chi connectivity index (χ0) is 6.15. The first-order chi connectivity index (χ1) is 3.70. The van der Waals surface area contributed by atoms with Gasteiger partial charge in [-0.05, 0) is 12.3 Å². The van der Waals surface area contributed by atoms with Crippen LogP contribution in [-0.4, -0.2) is 10.5 Å². The second kappa shape index (κ2) is 2.30. The highest BCUT2D eigenvalue weighted by Crippen LogP contribution is 2.37. The third-order valence-corrected chi connectivity index (χ3v) is 3.50. The summed E-state index contributed by atoms with van der Waals surface area (Å²) in [6.07, 6.45) is 1.42. The summed E-state index contributed by atoms with van der Waals surface area (Å²) in [5.41, 5.74) is 0. The third-order valence-electron chi connectivity index (χ3n) is 1.95. The van der Waals surface area contributed by atoms with Crippen LogP contribution in [0.1, 0.15) is 27.2 Å². The average Bonchev–Trinajstić information content (AvgIpc) is 1.85. The standard InChI is InChI=1S/C7H14S/c1-5-4-6(2)8-7(5)3/h5-7H,4H2,1-3H3/t5-,6+,7-/m1/s1. The number of thioether (sulfide) groups is 1. The molecule has 0 bridgehead atoms. The maximum atomic E-state index is 2.35. The summed E-state index contributed by atoms with van der Waals surface area (Å²) in [5.74, 6) is 0.954. The second-order valence-corrected chi connectivity index (χ2v) is 4.69. The smallest absolute Gasteiger partial charge is 0.00474 e. The molecule has 1 saturated heterocycles. The average molecular weight is 130 g/mol. The van der Waals surface area contributed by atoms with Gasteiger partial charge in [-0.2, -0.15) is 11.8 Å². The van der Waals surface area contributed by atoms with Crippen LogP contribution >= 0.6 is 11.8 Å².